The van der Waals surface area contributed by atoms with E-state index in [4.69, 9.17) is 9.26 Å². The van der Waals surface area contributed by atoms with Gasteiger partial charge < -0.3 is 9.26 Å². The molecule has 1 aromatic heterocycles. The number of rotatable bonds is 4. The summed E-state index contributed by atoms with van der Waals surface area (Å²) in [5, 5.41) is 3.67. The van der Waals surface area contributed by atoms with Crippen molar-refractivity contribution in [1.29, 1.82) is 0 Å². The van der Waals surface area contributed by atoms with Gasteiger partial charge in [-0.05, 0) is 25.5 Å². The van der Waals surface area contributed by atoms with Gasteiger partial charge in [0, 0.05) is 13.0 Å². The van der Waals surface area contributed by atoms with E-state index in [2.05, 4.69) is 9.88 Å². The first-order chi connectivity index (χ1) is 9.97. The second kappa shape index (κ2) is 5.16. The standard InChI is InChI=1S/C14H16N2O4S/c1-9-14(10(2)20-16-9)21(17,18)15-8-12-7-11-5-3-4-6-13(11)19-12/h3-6,12,15H,7-8H2,1-2H3/t12-/m0/s1. The van der Waals surface area contributed by atoms with Crippen LogP contribution in [0.3, 0.4) is 0 Å². The molecule has 112 valence electrons. The van der Waals surface area contributed by atoms with Gasteiger partial charge in [0.15, 0.2) is 5.76 Å². The molecule has 0 saturated carbocycles. The Morgan fingerprint density at radius 2 is 2.10 bits per heavy atom. The molecule has 1 aromatic carbocycles. The highest BCUT2D eigenvalue weighted by Gasteiger charge is 2.28. The normalized spacial score (nSPS) is 17.5. The quantitative estimate of drug-likeness (QED) is 0.927. The van der Waals surface area contributed by atoms with Gasteiger partial charge in [-0.3, -0.25) is 0 Å². The number of nitrogens with zero attached hydrogens (tertiary/aromatic N) is 1. The number of aromatic nitrogens is 1. The fraction of sp³-hybridized carbons (Fsp3) is 0.357. The number of hydrogen-bond donors (Lipinski definition) is 1. The van der Waals surface area contributed by atoms with Crippen molar-refractivity contribution >= 4 is 10.0 Å². The minimum absolute atomic E-state index is 0.109. The van der Waals surface area contributed by atoms with E-state index in [0.717, 1.165) is 11.3 Å². The molecule has 1 N–H and O–H groups in total. The first-order valence-electron chi connectivity index (χ1n) is 6.64. The van der Waals surface area contributed by atoms with Gasteiger partial charge in [-0.2, -0.15) is 0 Å². The van der Waals surface area contributed by atoms with Crippen molar-refractivity contribution in [2.45, 2.75) is 31.3 Å². The smallest absolute Gasteiger partial charge is 0.246 e. The second-order valence-corrected chi connectivity index (χ2v) is 6.76. The monoisotopic (exact) mass is 308 g/mol. The average molecular weight is 308 g/mol. The van der Waals surface area contributed by atoms with Crippen LogP contribution in [0.5, 0.6) is 5.75 Å². The van der Waals surface area contributed by atoms with Crippen LogP contribution in [0.2, 0.25) is 0 Å². The van der Waals surface area contributed by atoms with Gasteiger partial charge >= 0.3 is 0 Å². The maximum absolute atomic E-state index is 12.3. The zero-order valence-corrected chi connectivity index (χ0v) is 12.6. The number of fused-ring (bicyclic) bond motifs is 1. The topological polar surface area (TPSA) is 81.4 Å². The van der Waals surface area contributed by atoms with Crippen LogP contribution in [0, 0.1) is 13.8 Å². The van der Waals surface area contributed by atoms with Gasteiger partial charge in [0.1, 0.15) is 22.4 Å². The molecule has 0 spiro atoms. The molecule has 0 amide bonds. The Kier molecular flexibility index (Phi) is 3.46. The van der Waals surface area contributed by atoms with E-state index in [1.807, 2.05) is 24.3 Å². The number of aryl methyl sites for hydroxylation is 2. The van der Waals surface area contributed by atoms with Crippen LogP contribution in [-0.4, -0.2) is 26.2 Å². The van der Waals surface area contributed by atoms with E-state index in [9.17, 15) is 8.42 Å². The van der Waals surface area contributed by atoms with E-state index >= 15 is 0 Å². The number of benzene rings is 1. The van der Waals surface area contributed by atoms with Crippen LogP contribution in [0.4, 0.5) is 0 Å². The van der Waals surface area contributed by atoms with Gasteiger partial charge in [-0.25, -0.2) is 13.1 Å². The third kappa shape index (κ3) is 2.66. The van der Waals surface area contributed by atoms with E-state index in [1.165, 1.54) is 0 Å². The third-order valence-electron chi connectivity index (χ3n) is 3.45. The molecule has 0 fully saturated rings. The van der Waals surface area contributed by atoms with Crippen molar-refractivity contribution in [2.75, 3.05) is 6.54 Å². The first kappa shape index (κ1) is 14.1. The van der Waals surface area contributed by atoms with Gasteiger partial charge in [-0.1, -0.05) is 23.4 Å². The van der Waals surface area contributed by atoms with Crippen molar-refractivity contribution in [3.8, 4) is 5.75 Å². The largest absolute Gasteiger partial charge is 0.488 e. The maximum atomic E-state index is 12.3. The minimum atomic E-state index is -3.64. The van der Waals surface area contributed by atoms with E-state index in [-0.39, 0.29) is 23.3 Å². The summed E-state index contributed by atoms with van der Waals surface area (Å²) >= 11 is 0. The highest BCUT2D eigenvalue weighted by Crippen LogP contribution is 2.28. The lowest BCUT2D eigenvalue weighted by molar-refractivity contribution is 0.236. The average Bonchev–Trinajstić information content (AvgIpc) is 3.00. The molecule has 1 atom stereocenters. The van der Waals surface area contributed by atoms with E-state index in [1.54, 1.807) is 13.8 Å². The third-order valence-corrected chi connectivity index (χ3v) is 5.12. The highest BCUT2D eigenvalue weighted by atomic mass is 32.2. The van der Waals surface area contributed by atoms with Crippen molar-refractivity contribution in [3.63, 3.8) is 0 Å². The molecule has 0 radical (unpaired) electrons. The SMILES string of the molecule is Cc1noc(C)c1S(=O)(=O)NC[C@@H]1Cc2ccccc2O1. The Morgan fingerprint density at radius 1 is 1.33 bits per heavy atom. The van der Waals surface area contributed by atoms with Crippen LogP contribution >= 0.6 is 0 Å². The Balaban J connectivity index is 1.69. The van der Waals surface area contributed by atoms with Crippen molar-refractivity contribution in [2.24, 2.45) is 0 Å². The molecule has 21 heavy (non-hydrogen) atoms. The van der Waals surface area contributed by atoms with E-state index in [0.29, 0.717) is 12.1 Å². The van der Waals surface area contributed by atoms with Gasteiger partial charge in [0.25, 0.3) is 0 Å². The number of hydrogen-bond acceptors (Lipinski definition) is 5. The molecule has 0 unspecified atom stereocenters. The minimum Gasteiger partial charge on any atom is -0.488 e. The molecule has 2 aromatic rings. The summed E-state index contributed by atoms with van der Waals surface area (Å²) in [5.74, 6) is 1.11. The molecule has 1 aliphatic rings. The summed E-state index contributed by atoms with van der Waals surface area (Å²) in [7, 11) is -3.64. The van der Waals surface area contributed by atoms with Crippen LogP contribution < -0.4 is 9.46 Å². The number of sulfonamides is 1. The van der Waals surface area contributed by atoms with Crippen LogP contribution in [0.1, 0.15) is 17.0 Å². The second-order valence-electron chi connectivity index (χ2n) is 5.06. The summed E-state index contributed by atoms with van der Waals surface area (Å²) in [6, 6.07) is 7.71. The van der Waals surface area contributed by atoms with Gasteiger partial charge in [0.05, 0.1) is 0 Å². The number of para-hydroxylation sites is 1. The fourth-order valence-corrected chi connectivity index (χ4v) is 3.89. The fourth-order valence-electron chi connectivity index (χ4n) is 2.50. The van der Waals surface area contributed by atoms with Crippen LogP contribution in [0.15, 0.2) is 33.7 Å². The maximum Gasteiger partial charge on any atom is 0.246 e. The molecule has 0 aliphatic carbocycles. The number of ether oxygens (including phenoxy) is 1. The molecule has 2 heterocycles. The summed E-state index contributed by atoms with van der Waals surface area (Å²) in [6.45, 7) is 3.39. The predicted molar refractivity (Wildman–Crippen MR) is 75.7 cm³/mol. The summed E-state index contributed by atoms with van der Waals surface area (Å²) in [6.07, 6.45) is 0.498. The molecule has 0 saturated heterocycles. The van der Waals surface area contributed by atoms with Crippen LogP contribution in [0.25, 0.3) is 0 Å². The molecular formula is C14H16N2O4S. The van der Waals surface area contributed by atoms with Gasteiger partial charge in [0.2, 0.25) is 10.0 Å². The molecular weight excluding hydrogens is 292 g/mol. The zero-order valence-electron chi connectivity index (χ0n) is 11.8. The molecule has 1 aliphatic heterocycles. The summed E-state index contributed by atoms with van der Waals surface area (Å²) in [5.41, 5.74) is 1.45. The van der Waals surface area contributed by atoms with Crippen molar-refractivity contribution in [3.05, 3.63) is 41.3 Å². The molecule has 0 bridgehead atoms. The lowest BCUT2D eigenvalue weighted by Crippen LogP contribution is -2.34. The summed E-state index contributed by atoms with van der Waals surface area (Å²) in [4.78, 5) is 0.109. The Bertz CT molecular complexity index is 723. The lowest BCUT2D eigenvalue weighted by Gasteiger charge is -2.12. The predicted octanol–water partition coefficient (Wildman–Crippen LogP) is 1.57. The van der Waals surface area contributed by atoms with Gasteiger partial charge in [-0.15, -0.1) is 0 Å². The Morgan fingerprint density at radius 3 is 2.76 bits per heavy atom. The Hall–Kier alpha value is -1.86. The first-order valence-corrected chi connectivity index (χ1v) is 8.13. The van der Waals surface area contributed by atoms with Crippen LogP contribution in [-0.2, 0) is 16.4 Å². The molecule has 6 nitrogen and oxygen atoms in total. The Labute approximate surface area is 123 Å². The molecule has 3 rings (SSSR count). The summed E-state index contributed by atoms with van der Waals surface area (Å²) < 4.78 is 37.8. The van der Waals surface area contributed by atoms with Crippen molar-refractivity contribution < 1.29 is 17.7 Å². The van der Waals surface area contributed by atoms with Crippen molar-refractivity contribution in [1.82, 2.24) is 9.88 Å². The zero-order chi connectivity index (χ0) is 15.0. The highest BCUT2D eigenvalue weighted by molar-refractivity contribution is 7.89. The van der Waals surface area contributed by atoms with E-state index < -0.39 is 10.0 Å². The lowest BCUT2D eigenvalue weighted by atomic mass is 10.1. The number of nitrogens with one attached hydrogen (secondary N) is 1. The molecule has 7 heteroatoms.